The van der Waals surface area contributed by atoms with Crippen LogP contribution in [0.2, 0.25) is 0 Å². The van der Waals surface area contributed by atoms with Gasteiger partial charge in [0.1, 0.15) is 0 Å². The first-order chi connectivity index (χ1) is 13.6. The molecule has 7 heteroatoms. The van der Waals surface area contributed by atoms with Gasteiger partial charge in [0.2, 0.25) is 0 Å². The van der Waals surface area contributed by atoms with Gasteiger partial charge in [-0.25, -0.2) is 0 Å². The summed E-state index contributed by atoms with van der Waals surface area (Å²) in [5, 5.41) is 5.62. The van der Waals surface area contributed by atoms with Gasteiger partial charge in [-0.3, -0.25) is 9.89 Å². The highest BCUT2D eigenvalue weighted by Crippen LogP contribution is 2.11. The molecule has 0 saturated carbocycles. The fourth-order valence-electron chi connectivity index (χ4n) is 3.43. The van der Waals surface area contributed by atoms with Crippen molar-refractivity contribution in [1.29, 1.82) is 0 Å². The highest BCUT2D eigenvalue weighted by molar-refractivity contribution is 14.0. The zero-order chi connectivity index (χ0) is 19.8. The van der Waals surface area contributed by atoms with Crippen molar-refractivity contribution in [3.05, 3.63) is 57.8 Å². The van der Waals surface area contributed by atoms with Gasteiger partial charge in [-0.2, -0.15) is 0 Å². The number of guanidine groups is 1. The molecule has 0 radical (unpaired) electrons. The summed E-state index contributed by atoms with van der Waals surface area (Å²) in [7, 11) is 6.15. The van der Waals surface area contributed by atoms with Gasteiger partial charge < -0.3 is 15.1 Å². The minimum atomic E-state index is 0. The molecule has 2 heterocycles. The van der Waals surface area contributed by atoms with E-state index in [0.29, 0.717) is 0 Å². The molecule has 0 bridgehead atoms. The van der Waals surface area contributed by atoms with E-state index in [-0.39, 0.29) is 24.0 Å². The van der Waals surface area contributed by atoms with Crippen LogP contribution in [0, 0.1) is 0 Å². The number of nitrogens with zero attached hydrogens (tertiary/aromatic N) is 4. The van der Waals surface area contributed by atoms with E-state index in [9.17, 15) is 0 Å². The molecular weight excluding hydrogens is 493 g/mol. The Hall–Kier alpha value is -1.16. The molecule has 1 saturated heterocycles. The lowest BCUT2D eigenvalue weighted by Gasteiger charge is -2.32. The molecular formula is C22H34IN5S. The largest absolute Gasteiger partial charge is 0.352 e. The molecule has 5 nitrogen and oxygen atoms in total. The average Bonchev–Trinajstić information content (AvgIpc) is 3.23. The number of hydrogen-bond donors (Lipinski definition) is 1. The molecule has 1 aliphatic rings. The van der Waals surface area contributed by atoms with E-state index >= 15 is 0 Å². The van der Waals surface area contributed by atoms with Crippen molar-refractivity contribution >= 4 is 41.3 Å². The summed E-state index contributed by atoms with van der Waals surface area (Å²) < 4.78 is 0. The molecule has 0 amide bonds. The first-order valence-corrected chi connectivity index (χ1v) is 10.9. The number of piperazine rings is 1. The smallest absolute Gasteiger partial charge is 0.193 e. The monoisotopic (exact) mass is 527 g/mol. The van der Waals surface area contributed by atoms with Crippen LogP contribution < -0.4 is 5.32 Å². The molecule has 0 spiro atoms. The molecule has 1 fully saturated rings. The highest BCUT2D eigenvalue weighted by Gasteiger charge is 2.13. The molecule has 1 aliphatic heterocycles. The van der Waals surface area contributed by atoms with E-state index in [1.54, 1.807) is 0 Å². The van der Waals surface area contributed by atoms with E-state index in [1.165, 1.54) is 29.1 Å². The maximum atomic E-state index is 4.43. The second kappa shape index (κ2) is 12.5. The number of aliphatic imine (C=N–C) groups is 1. The lowest BCUT2D eigenvalue weighted by Crippen LogP contribution is -2.43. The Labute approximate surface area is 196 Å². The first kappa shape index (κ1) is 24.1. The molecule has 1 aromatic carbocycles. The van der Waals surface area contributed by atoms with Crippen molar-refractivity contribution in [2.45, 2.75) is 19.5 Å². The second-order valence-corrected chi connectivity index (χ2v) is 8.58. The van der Waals surface area contributed by atoms with Crippen molar-refractivity contribution < 1.29 is 0 Å². The minimum absolute atomic E-state index is 0. The van der Waals surface area contributed by atoms with Crippen LogP contribution in [0.4, 0.5) is 0 Å². The summed E-state index contributed by atoms with van der Waals surface area (Å²) in [5.74, 6) is 0.943. The third-order valence-corrected chi connectivity index (χ3v) is 6.26. The van der Waals surface area contributed by atoms with Crippen molar-refractivity contribution in [3.63, 3.8) is 0 Å². The van der Waals surface area contributed by atoms with Gasteiger partial charge in [0.05, 0.1) is 0 Å². The van der Waals surface area contributed by atoms with Crippen LogP contribution in [0.15, 0.2) is 46.8 Å². The zero-order valence-corrected chi connectivity index (χ0v) is 21.0. The number of hydrogen-bond acceptors (Lipinski definition) is 4. The third kappa shape index (κ3) is 7.88. The number of rotatable bonds is 7. The normalized spacial score (nSPS) is 15.8. The first-order valence-electron chi connectivity index (χ1n) is 10.1. The fraction of sp³-hybridized carbons (Fsp3) is 0.500. The Morgan fingerprint density at radius 1 is 1.10 bits per heavy atom. The van der Waals surface area contributed by atoms with Gasteiger partial charge >= 0.3 is 0 Å². The SMILES string of the molecule is CN=C(NCc1ccc(CN2CCN(C)CC2)cc1)N(C)CCc1cccs1.I. The second-order valence-electron chi connectivity index (χ2n) is 7.55. The van der Waals surface area contributed by atoms with Crippen LogP contribution in [-0.2, 0) is 19.5 Å². The number of thiophene rings is 1. The van der Waals surface area contributed by atoms with Gasteiger partial charge in [0.25, 0.3) is 0 Å². The number of nitrogens with one attached hydrogen (secondary N) is 1. The molecule has 0 unspecified atom stereocenters. The minimum Gasteiger partial charge on any atom is -0.352 e. The van der Waals surface area contributed by atoms with Gasteiger partial charge in [-0.15, -0.1) is 35.3 Å². The van der Waals surface area contributed by atoms with Crippen LogP contribution in [0.5, 0.6) is 0 Å². The maximum absolute atomic E-state index is 4.43. The van der Waals surface area contributed by atoms with E-state index in [4.69, 9.17) is 0 Å². The summed E-state index contributed by atoms with van der Waals surface area (Å²) in [4.78, 5) is 13.0. The van der Waals surface area contributed by atoms with E-state index in [2.05, 4.69) is 80.9 Å². The Morgan fingerprint density at radius 2 is 1.79 bits per heavy atom. The fourth-order valence-corrected chi connectivity index (χ4v) is 4.13. The number of halogens is 1. The molecule has 0 aliphatic carbocycles. The van der Waals surface area contributed by atoms with Crippen LogP contribution in [0.25, 0.3) is 0 Å². The predicted molar refractivity (Wildman–Crippen MR) is 135 cm³/mol. The molecule has 29 heavy (non-hydrogen) atoms. The average molecular weight is 528 g/mol. The molecule has 3 rings (SSSR count). The third-order valence-electron chi connectivity index (χ3n) is 5.32. The highest BCUT2D eigenvalue weighted by atomic mass is 127. The molecule has 0 atom stereocenters. The summed E-state index contributed by atoms with van der Waals surface area (Å²) >= 11 is 1.82. The van der Waals surface area contributed by atoms with Crippen LogP contribution >= 0.6 is 35.3 Å². The lowest BCUT2D eigenvalue weighted by molar-refractivity contribution is 0.148. The predicted octanol–water partition coefficient (Wildman–Crippen LogP) is 3.36. The van der Waals surface area contributed by atoms with Gasteiger partial charge in [-0.05, 0) is 36.0 Å². The Morgan fingerprint density at radius 3 is 2.41 bits per heavy atom. The molecule has 1 N–H and O–H groups in total. The quantitative estimate of drug-likeness (QED) is 0.340. The van der Waals surface area contributed by atoms with Crippen LogP contribution in [0.3, 0.4) is 0 Å². The van der Waals surface area contributed by atoms with E-state index in [1.807, 2.05) is 18.4 Å². The molecule has 2 aromatic rings. The maximum Gasteiger partial charge on any atom is 0.193 e. The lowest BCUT2D eigenvalue weighted by atomic mass is 10.1. The number of likely N-dealkylation sites (N-methyl/N-ethyl adjacent to an activating group) is 2. The van der Waals surface area contributed by atoms with Gasteiger partial charge in [0.15, 0.2) is 5.96 Å². The Kier molecular flexibility index (Phi) is 10.4. The van der Waals surface area contributed by atoms with Gasteiger partial charge in [-0.1, -0.05) is 30.3 Å². The topological polar surface area (TPSA) is 34.1 Å². The molecule has 160 valence electrons. The standard InChI is InChI=1S/C22H33N5S.HI/c1-23-22(26(3)11-10-21-5-4-16-28-21)24-17-19-6-8-20(9-7-19)18-27-14-12-25(2)13-15-27;/h4-9,16H,10-15,17-18H2,1-3H3,(H,23,24);1H. The zero-order valence-electron chi connectivity index (χ0n) is 17.8. The van der Waals surface area contributed by atoms with Crippen molar-refractivity contribution in [1.82, 2.24) is 20.0 Å². The Bertz CT molecular complexity index is 724. The number of benzene rings is 1. The van der Waals surface area contributed by atoms with E-state index < -0.39 is 0 Å². The summed E-state index contributed by atoms with van der Waals surface area (Å²) in [6, 6.07) is 13.3. The summed E-state index contributed by atoms with van der Waals surface area (Å²) in [6.07, 6.45) is 1.05. The van der Waals surface area contributed by atoms with E-state index in [0.717, 1.165) is 45.1 Å². The van der Waals surface area contributed by atoms with Crippen LogP contribution in [-0.4, -0.2) is 74.5 Å². The van der Waals surface area contributed by atoms with Crippen molar-refractivity contribution in [3.8, 4) is 0 Å². The summed E-state index contributed by atoms with van der Waals surface area (Å²) in [6.45, 7) is 7.47. The van der Waals surface area contributed by atoms with Crippen molar-refractivity contribution in [2.24, 2.45) is 4.99 Å². The van der Waals surface area contributed by atoms with Crippen molar-refractivity contribution in [2.75, 3.05) is 53.9 Å². The molecule has 1 aromatic heterocycles. The Balaban J connectivity index is 0.00000300. The summed E-state index contributed by atoms with van der Waals surface area (Å²) in [5.41, 5.74) is 2.68. The van der Waals surface area contributed by atoms with Crippen LogP contribution in [0.1, 0.15) is 16.0 Å². The van der Waals surface area contributed by atoms with Gasteiger partial charge in [0, 0.05) is 64.8 Å².